The maximum absolute atomic E-state index is 11.1. The average molecular weight is 487 g/mol. The lowest BCUT2D eigenvalue weighted by molar-refractivity contribution is -0.191. The van der Waals surface area contributed by atoms with Gasteiger partial charge < -0.3 is 14.3 Å². The van der Waals surface area contributed by atoms with E-state index in [1.165, 1.54) is 32.1 Å². The topological polar surface area (TPSA) is 35.5 Å². The van der Waals surface area contributed by atoms with Gasteiger partial charge in [0.05, 0.1) is 23.4 Å². The molecule has 3 nitrogen and oxygen atoms in total. The van der Waals surface area contributed by atoms with Crippen molar-refractivity contribution in [2.45, 2.75) is 137 Å². The highest BCUT2D eigenvalue weighted by atomic mass is 16.5. The summed E-state index contributed by atoms with van der Waals surface area (Å²) in [5.41, 5.74) is 0.320. The monoisotopic (exact) mass is 486 g/mol. The van der Waals surface area contributed by atoms with Gasteiger partial charge in [0.2, 0.25) is 0 Å². The van der Waals surface area contributed by atoms with Crippen LogP contribution in [-0.2, 0) is 14.3 Å². The van der Waals surface area contributed by atoms with Gasteiger partial charge in [0.25, 0.3) is 0 Å². The van der Waals surface area contributed by atoms with E-state index in [0.717, 1.165) is 42.8 Å². The molecule has 0 aromatic rings. The number of hydrogen-bond acceptors (Lipinski definition) is 3. The number of fused-ring (bicyclic) bond motifs is 5. The van der Waals surface area contributed by atoms with Gasteiger partial charge in [0.15, 0.2) is 0 Å². The maximum atomic E-state index is 11.1. The van der Waals surface area contributed by atoms with Crippen molar-refractivity contribution in [3.8, 4) is 0 Å². The molecule has 0 amide bonds. The Balaban J connectivity index is 1.64. The largest absolute Gasteiger partial charge is 0.372 e. The summed E-state index contributed by atoms with van der Waals surface area (Å²) in [6.07, 6.45) is 16.0. The number of hydrogen-bond donors (Lipinski definition) is 0. The van der Waals surface area contributed by atoms with Crippen molar-refractivity contribution in [2.75, 3.05) is 0 Å². The van der Waals surface area contributed by atoms with E-state index in [-0.39, 0.29) is 28.8 Å². The normalized spacial score (nSPS) is 44.3. The van der Waals surface area contributed by atoms with Gasteiger partial charge in [-0.05, 0) is 133 Å². The van der Waals surface area contributed by atoms with Crippen LogP contribution < -0.4 is 0 Å². The second kappa shape index (κ2) is 9.57. The van der Waals surface area contributed by atoms with E-state index in [9.17, 15) is 4.79 Å². The van der Waals surface area contributed by atoms with Crippen molar-refractivity contribution >= 4 is 6.29 Å². The van der Waals surface area contributed by atoms with Crippen LogP contribution in [0, 0.1) is 46.3 Å². The van der Waals surface area contributed by atoms with Crippen molar-refractivity contribution in [3.63, 3.8) is 0 Å². The second-order valence-corrected chi connectivity index (χ2v) is 15.2. The molecule has 35 heavy (non-hydrogen) atoms. The van der Waals surface area contributed by atoms with E-state index in [1.807, 2.05) is 0 Å². The van der Waals surface area contributed by atoms with Crippen LogP contribution in [0.5, 0.6) is 0 Å². The zero-order valence-corrected chi connectivity index (χ0v) is 24.2. The molecule has 0 unspecified atom stereocenters. The molecule has 0 heterocycles. The highest BCUT2D eigenvalue weighted by Crippen LogP contribution is 2.68. The second-order valence-electron chi connectivity index (χ2n) is 15.2. The van der Waals surface area contributed by atoms with Gasteiger partial charge in [0, 0.05) is 6.42 Å². The Hall–Kier alpha value is -0.670. The minimum absolute atomic E-state index is 0.133. The molecule has 0 N–H and O–H groups in total. The third-order valence-electron chi connectivity index (χ3n) is 10.7. The standard InChI is InChI=1S/C32H54O3/c1-21(11-10-18-33)24-12-13-25-23-20-28(35-30(5,6)7)27-19-22(34-29(2,3)4)14-16-32(27,9)26(23)15-17-31(24,25)8/h14,16,18,21-28H,10-13,15,17,19-20H2,1-9H3/t21-,22-,23+,24-,25+,26+,27+,28+,31-,32-/m1/s1. The summed E-state index contributed by atoms with van der Waals surface area (Å²) in [6.45, 7) is 20.8. The zero-order chi connectivity index (χ0) is 25.8. The molecule has 0 bridgehead atoms. The summed E-state index contributed by atoms with van der Waals surface area (Å²) in [5, 5.41) is 0. The lowest BCUT2D eigenvalue weighted by Crippen LogP contribution is -2.58. The molecule has 200 valence electrons. The van der Waals surface area contributed by atoms with E-state index in [1.54, 1.807) is 0 Å². The fourth-order valence-corrected chi connectivity index (χ4v) is 9.43. The molecule has 0 saturated heterocycles. The van der Waals surface area contributed by atoms with Gasteiger partial charge in [-0.15, -0.1) is 0 Å². The molecule has 4 aliphatic rings. The predicted octanol–water partition coefficient (Wildman–Crippen LogP) is 8.01. The molecular formula is C32H54O3. The summed E-state index contributed by atoms with van der Waals surface area (Å²) in [5.74, 6) is 4.16. The summed E-state index contributed by atoms with van der Waals surface area (Å²) in [4.78, 5) is 11.1. The van der Waals surface area contributed by atoms with Gasteiger partial charge in [-0.1, -0.05) is 32.9 Å². The SMILES string of the molecule is C[C@H](CCC=O)[C@H]1CC[C@H]2[C@@H]3C[C@H](OC(C)(C)C)[C@@H]4C[C@H](OC(C)(C)C)C=C[C@]4(C)[C@H]3CC[C@]12C. The summed E-state index contributed by atoms with van der Waals surface area (Å²) in [7, 11) is 0. The fraction of sp³-hybridized carbons (Fsp3) is 0.906. The van der Waals surface area contributed by atoms with E-state index in [2.05, 4.69) is 74.5 Å². The highest BCUT2D eigenvalue weighted by molar-refractivity contribution is 5.49. The van der Waals surface area contributed by atoms with Crippen molar-refractivity contribution in [2.24, 2.45) is 46.3 Å². The van der Waals surface area contributed by atoms with Crippen LogP contribution in [0.3, 0.4) is 0 Å². The Bertz CT molecular complexity index is 788. The molecule has 3 heteroatoms. The average Bonchev–Trinajstić information content (AvgIpc) is 3.08. The first-order valence-electron chi connectivity index (χ1n) is 14.7. The number of carbonyl (C=O) groups excluding carboxylic acids is 1. The van der Waals surface area contributed by atoms with E-state index < -0.39 is 0 Å². The molecule has 0 radical (unpaired) electrons. The van der Waals surface area contributed by atoms with Crippen LogP contribution >= 0.6 is 0 Å². The zero-order valence-electron chi connectivity index (χ0n) is 24.2. The first-order chi connectivity index (χ1) is 16.2. The van der Waals surface area contributed by atoms with Gasteiger partial charge in [-0.25, -0.2) is 0 Å². The van der Waals surface area contributed by atoms with Crippen molar-refractivity contribution < 1.29 is 14.3 Å². The van der Waals surface area contributed by atoms with Gasteiger partial charge in [-0.2, -0.15) is 0 Å². The summed E-state index contributed by atoms with van der Waals surface area (Å²) in [6, 6.07) is 0. The molecule has 0 aliphatic heterocycles. The lowest BCUT2D eigenvalue weighted by atomic mass is 9.45. The van der Waals surface area contributed by atoms with Crippen molar-refractivity contribution in [1.82, 2.24) is 0 Å². The van der Waals surface area contributed by atoms with Crippen LogP contribution in [-0.4, -0.2) is 29.7 Å². The Labute approximate surface area is 216 Å². The number of ether oxygens (including phenoxy) is 2. The third kappa shape index (κ3) is 5.33. The Morgan fingerprint density at radius 2 is 1.63 bits per heavy atom. The fourth-order valence-electron chi connectivity index (χ4n) is 9.43. The molecule has 0 aromatic carbocycles. The lowest BCUT2D eigenvalue weighted by Gasteiger charge is -2.62. The molecule has 4 aliphatic carbocycles. The smallest absolute Gasteiger partial charge is 0.120 e. The van der Waals surface area contributed by atoms with Crippen LogP contribution in [0.25, 0.3) is 0 Å². The molecule has 3 fully saturated rings. The van der Waals surface area contributed by atoms with Gasteiger partial charge in [0.1, 0.15) is 6.29 Å². The molecule has 4 rings (SSSR count). The minimum atomic E-state index is -0.139. The van der Waals surface area contributed by atoms with Crippen molar-refractivity contribution in [1.29, 1.82) is 0 Å². The van der Waals surface area contributed by atoms with Gasteiger partial charge in [-0.3, -0.25) is 0 Å². The molecular weight excluding hydrogens is 432 g/mol. The van der Waals surface area contributed by atoms with E-state index in [0.29, 0.717) is 23.7 Å². The summed E-state index contributed by atoms with van der Waals surface area (Å²) >= 11 is 0. The van der Waals surface area contributed by atoms with Crippen LogP contribution in [0.15, 0.2) is 12.2 Å². The Kier molecular flexibility index (Phi) is 7.48. The van der Waals surface area contributed by atoms with E-state index >= 15 is 0 Å². The van der Waals surface area contributed by atoms with Crippen LogP contribution in [0.4, 0.5) is 0 Å². The molecule has 0 aromatic heterocycles. The van der Waals surface area contributed by atoms with Gasteiger partial charge >= 0.3 is 0 Å². The summed E-state index contributed by atoms with van der Waals surface area (Å²) < 4.78 is 13.4. The highest BCUT2D eigenvalue weighted by Gasteiger charge is 2.62. The number of allylic oxidation sites excluding steroid dienone is 1. The maximum Gasteiger partial charge on any atom is 0.120 e. The number of carbonyl (C=O) groups is 1. The minimum Gasteiger partial charge on any atom is -0.372 e. The van der Waals surface area contributed by atoms with Crippen LogP contribution in [0.1, 0.15) is 114 Å². The van der Waals surface area contributed by atoms with Crippen molar-refractivity contribution in [3.05, 3.63) is 12.2 Å². The Morgan fingerprint density at radius 1 is 0.943 bits per heavy atom. The number of aldehydes is 1. The third-order valence-corrected chi connectivity index (χ3v) is 10.7. The quantitative estimate of drug-likeness (QED) is 0.282. The van der Waals surface area contributed by atoms with Crippen LogP contribution in [0.2, 0.25) is 0 Å². The number of rotatable bonds is 6. The molecule has 10 atom stereocenters. The molecule has 3 saturated carbocycles. The molecule has 0 spiro atoms. The Morgan fingerprint density at radius 3 is 2.26 bits per heavy atom. The van der Waals surface area contributed by atoms with E-state index in [4.69, 9.17) is 9.47 Å². The first-order valence-corrected chi connectivity index (χ1v) is 14.7. The predicted molar refractivity (Wildman–Crippen MR) is 144 cm³/mol. The first kappa shape index (κ1) is 27.4.